The Bertz CT molecular complexity index is 590. The lowest BCUT2D eigenvalue weighted by Gasteiger charge is -2.33. The third-order valence-electron chi connectivity index (χ3n) is 3.58. The molecule has 0 aromatic carbocycles. The first-order chi connectivity index (χ1) is 12.7. The van der Waals surface area contributed by atoms with Crippen molar-refractivity contribution in [2.45, 2.75) is 50.3 Å². The standard InChI is InChI=1S/C15H21F9N2O3/c1-9(2)29-10(27)8-26(3,4)7-5-6-25-11(28)12(16,17)13(18,19)14(20,21)15(22,23)24/h9H,5-8H2,1-4H3/p+1. The Labute approximate surface area is 160 Å². The van der Waals surface area contributed by atoms with E-state index in [1.807, 2.05) is 0 Å². The van der Waals surface area contributed by atoms with Gasteiger partial charge in [-0.15, -0.1) is 0 Å². The molecule has 0 saturated carbocycles. The number of nitrogens with one attached hydrogen (secondary N) is 1. The van der Waals surface area contributed by atoms with Crippen LogP contribution in [0, 0.1) is 0 Å². The molecule has 0 spiro atoms. The van der Waals surface area contributed by atoms with Crippen LogP contribution in [0.2, 0.25) is 0 Å². The van der Waals surface area contributed by atoms with Gasteiger partial charge in [-0.05, 0) is 13.8 Å². The topological polar surface area (TPSA) is 55.4 Å². The molecule has 0 rings (SSSR count). The van der Waals surface area contributed by atoms with E-state index < -0.39 is 42.4 Å². The zero-order valence-corrected chi connectivity index (χ0v) is 16.0. The van der Waals surface area contributed by atoms with Gasteiger partial charge in [-0.1, -0.05) is 0 Å². The number of rotatable bonds is 10. The van der Waals surface area contributed by atoms with Gasteiger partial charge in [0.1, 0.15) is 0 Å². The van der Waals surface area contributed by atoms with Gasteiger partial charge in [0.05, 0.1) is 26.7 Å². The number of amides is 1. The average molecular weight is 449 g/mol. The zero-order valence-electron chi connectivity index (χ0n) is 16.0. The molecule has 1 N–H and O–H groups in total. The molecule has 0 aliphatic rings. The molecule has 0 heterocycles. The highest BCUT2D eigenvalue weighted by Gasteiger charge is 2.83. The summed E-state index contributed by atoms with van der Waals surface area (Å²) in [5.74, 6) is -24.0. The van der Waals surface area contributed by atoms with Gasteiger partial charge >= 0.3 is 29.9 Å². The number of alkyl halides is 9. The molecular formula is C15H22F9N2O3+. The van der Waals surface area contributed by atoms with Gasteiger partial charge in [0.25, 0.3) is 5.91 Å². The van der Waals surface area contributed by atoms with Crippen LogP contribution in [-0.4, -0.2) is 80.1 Å². The van der Waals surface area contributed by atoms with Gasteiger partial charge in [-0.25, -0.2) is 4.79 Å². The Kier molecular flexibility index (Phi) is 8.43. The van der Waals surface area contributed by atoms with E-state index in [1.165, 1.54) is 19.4 Å². The number of carbonyl (C=O) groups is 2. The minimum absolute atomic E-state index is 0.0359. The van der Waals surface area contributed by atoms with Gasteiger partial charge in [-0.2, -0.15) is 39.5 Å². The monoisotopic (exact) mass is 449 g/mol. The highest BCUT2D eigenvalue weighted by Crippen LogP contribution is 2.53. The van der Waals surface area contributed by atoms with Crippen LogP contribution in [0.3, 0.4) is 0 Å². The molecule has 0 aromatic rings. The fourth-order valence-corrected chi connectivity index (χ4v) is 2.07. The van der Waals surface area contributed by atoms with E-state index in [4.69, 9.17) is 4.74 Å². The maximum atomic E-state index is 13.4. The van der Waals surface area contributed by atoms with Crippen molar-refractivity contribution in [3.63, 3.8) is 0 Å². The molecule has 5 nitrogen and oxygen atoms in total. The number of halogens is 9. The lowest BCUT2D eigenvalue weighted by atomic mass is 10.0. The van der Waals surface area contributed by atoms with E-state index in [0.29, 0.717) is 0 Å². The van der Waals surface area contributed by atoms with Gasteiger partial charge in [-0.3, -0.25) is 4.79 Å². The second kappa shape index (κ2) is 8.96. The zero-order chi connectivity index (χ0) is 23.5. The van der Waals surface area contributed by atoms with E-state index in [-0.39, 0.29) is 30.1 Å². The predicted molar refractivity (Wildman–Crippen MR) is 81.6 cm³/mol. The Morgan fingerprint density at radius 2 is 1.41 bits per heavy atom. The normalized spacial score (nSPS) is 14.1. The Morgan fingerprint density at radius 1 is 0.931 bits per heavy atom. The fraction of sp³-hybridized carbons (Fsp3) is 0.867. The van der Waals surface area contributed by atoms with Crippen molar-refractivity contribution in [2.24, 2.45) is 0 Å². The fourth-order valence-electron chi connectivity index (χ4n) is 2.07. The average Bonchev–Trinajstić information content (AvgIpc) is 2.48. The summed E-state index contributed by atoms with van der Waals surface area (Å²) in [6.07, 6.45) is -7.56. The molecule has 172 valence electrons. The minimum Gasteiger partial charge on any atom is -0.459 e. The van der Waals surface area contributed by atoms with Gasteiger partial charge in [0, 0.05) is 13.0 Å². The molecule has 0 aliphatic carbocycles. The first kappa shape index (κ1) is 27.3. The smallest absolute Gasteiger partial charge is 0.459 e. The van der Waals surface area contributed by atoms with Gasteiger partial charge in [0.15, 0.2) is 6.54 Å². The highest BCUT2D eigenvalue weighted by molar-refractivity contribution is 5.84. The van der Waals surface area contributed by atoms with Crippen molar-refractivity contribution in [2.75, 3.05) is 33.7 Å². The summed E-state index contributed by atoms with van der Waals surface area (Å²) < 4.78 is 119. The van der Waals surface area contributed by atoms with E-state index in [2.05, 4.69) is 0 Å². The first-order valence-corrected chi connectivity index (χ1v) is 8.19. The number of esters is 1. The minimum atomic E-state index is -7.13. The van der Waals surface area contributed by atoms with E-state index in [0.717, 1.165) is 0 Å². The summed E-state index contributed by atoms with van der Waals surface area (Å²) in [5, 5.41) is 1.21. The SMILES string of the molecule is CC(C)OC(=O)C[N+](C)(C)CCCNC(=O)C(F)(F)C(F)(F)C(F)(F)C(F)(F)F. The third-order valence-corrected chi connectivity index (χ3v) is 3.58. The molecular weight excluding hydrogens is 427 g/mol. The third kappa shape index (κ3) is 6.64. The van der Waals surface area contributed by atoms with Crippen LogP contribution in [0.4, 0.5) is 39.5 Å². The number of quaternary nitrogens is 1. The summed E-state index contributed by atoms with van der Waals surface area (Å²) in [7, 11) is 3.05. The lowest BCUT2D eigenvalue weighted by molar-refractivity contribution is -0.883. The number of hydrogen-bond acceptors (Lipinski definition) is 3. The van der Waals surface area contributed by atoms with Gasteiger partial charge < -0.3 is 14.5 Å². The largest absolute Gasteiger partial charge is 0.460 e. The Balaban J connectivity index is 4.87. The molecule has 14 heteroatoms. The molecule has 0 unspecified atom stereocenters. The number of likely N-dealkylation sites (N-methyl/N-ethyl adjacent to an activating group) is 1. The van der Waals surface area contributed by atoms with Crippen molar-refractivity contribution >= 4 is 11.9 Å². The van der Waals surface area contributed by atoms with Crippen LogP contribution in [0.1, 0.15) is 20.3 Å². The van der Waals surface area contributed by atoms with Crippen LogP contribution in [0.15, 0.2) is 0 Å². The molecule has 0 bridgehead atoms. The lowest BCUT2D eigenvalue weighted by Crippen LogP contribution is -2.65. The molecule has 29 heavy (non-hydrogen) atoms. The van der Waals surface area contributed by atoms with Crippen molar-refractivity contribution in [1.29, 1.82) is 0 Å². The quantitative estimate of drug-likeness (QED) is 0.242. The predicted octanol–water partition coefficient (Wildman–Crippen LogP) is 2.99. The first-order valence-electron chi connectivity index (χ1n) is 8.19. The summed E-state index contributed by atoms with van der Waals surface area (Å²) in [5.41, 5.74) is 0. The van der Waals surface area contributed by atoms with Crippen LogP contribution in [0.25, 0.3) is 0 Å². The molecule has 1 amide bonds. The van der Waals surface area contributed by atoms with Crippen LogP contribution >= 0.6 is 0 Å². The second-order valence-electron chi connectivity index (χ2n) is 7.19. The van der Waals surface area contributed by atoms with Crippen molar-refractivity contribution in [3.05, 3.63) is 0 Å². The van der Waals surface area contributed by atoms with Crippen LogP contribution in [0.5, 0.6) is 0 Å². The molecule has 0 fully saturated rings. The van der Waals surface area contributed by atoms with Crippen molar-refractivity contribution in [1.82, 2.24) is 5.32 Å². The molecule has 0 radical (unpaired) electrons. The molecule has 0 saturated heterocycles. The summed E-state index contributed by atoms with van der Waals surface area (Å²) in [6.45, 7) is 2.35. The highest BCUT2D eigenvalue weighted by atomic mass is 19.4. The van der Waals surface area contributed by atoms with Gasteiger partial charge in [0.2, 0.25) is 0 Å². The molecule has 0 aromatic heterocycles. The number of nitrogens with zero attached hydrogens (tertiary/aromatic N) is 1. The van der Waals surface area contributed by atoms with Crippen molar-refractivity contribution < 1.29 is 58.3 Å². The Hall–Kier alpha value is -1.73. The van der Waals surface area contributed by atoms with E-state index in [1.54, 1.807) is 13.8 Å². The molecule has 0 aliphatic heterocycles. The summed E-state index contributed by atoms with van der Waals surface area (Å²) in [6, 6.07) is 0. The van der Waals surface area contributed by atoms with Crippen LogP contribution in [-0.2, 0) is 14.3 Å². The second-order valence-corrected chi connectivity index (χ2v) is 7.19. The number of carbonyl (C=O) groups excluding carboxylic acids is 2. The van der Waals surface area contributed by atoms with Crippen LogP contribution < -0.4 is 5.32 Å². The van der Waals surface area contributed by atoms with Crippen molar-refractivity contribution in [3.8, 4) is 0 Å². The Morgan fingerprint density at radius 3 is 1.83 bits per heavy atom. The summed E-state index contributed by atoms with van der Waals surface area (Å²) in [4.78, 5) is 22.8. The van der Waals surface area contributed by atoms with E-state index in [9.17, 15) is 49.1 Å². The number of hydrogen-bond donors (Lipinski definition) is 1. The summed E-state index contributed by atoms with van der Waals surface area (Å²) >= 11 is 0. The number of ether oxygens (including phenoxy) is 1. The maximum absolute atomic E-state index is 13.4. The van der Waals surface area contributed by atoms with E-state index >= 15 is 0 Å². The molecule has 0 atom stereocenters. The maximum Gasteiger partial charge on any atom is 0.460 e.